The highest BCUT2D eigenvalue weighted by Gasteiger charge is 2.03. The standard InChI is InChI=1S/C17H13N3O/c21-17(16-10-3-4-11-18-16)20-19-12-14-8-5-7-13-6-1-2-9-15(13)14/h1-12H,(H,20,21). The molecule has 0 saturated heterocycles. The minimum atomic E-state index is -0.327. The first-order chi connectivity index (χ1) is 10.3. The molecule has 3 rings (SSSR count). The van der Waals surface area contributed by atoms with Gasteiger partial charge in [0.1, 0.15) is 5.69 Å². The first-order valence-corrected chi connectivity index (χ1v) is 6.57. The molecule has 4 nitrogen and oxygen atoms in total. The molecule has 1 amide bonds. The van der Waals surface area contributed by atoms with Crippen LogP contribution < -0.4 is 5.43 Å². The molecule has 0 aliphatic heterocycles. The van der Waals surface area contributed by atoms with E-state index in [-0.39, 0.29) is 5.91 Å². The summed E-state index contributed by atoms with van der Waals surface area (Å²) in [6.45, 7) is 0. The maximum absolute atomic E-state index is 11.8. The number of benzene rings is 2. The Bertz CT molecular complexity index is 792. The second-order valence-corrected chi connectivity index (χ2v) is 4.48. The van der Waals surface area contributed by atoms with E-state index in [0.29, 0.717) is 5.69 Å². The van der Waals surface area contributed by atoms with Crippen LogP contribution in [0.3, 0.4) is 0 Å². The molecule has 1 heterocycles. The Morgan fingerprint density at radius 1 is 1.00 bits per heavy atom. The van der Waals surface area contributed by atoms with E-state index in [1.807, 2.05) is 42.5 Å². The van der Waals surface area contributed by atoms with E-state index in [0.717, 1.165) is 16.3 Å². The second kappa shape index (κ2) is 5.96. The van der Waals surface area contributed by atoms with Crippen LogP contribution in [0.1, 0.15) is 16.1 Å². The van der Waals surface area contributed by atoms with Crippen LogP contribution in [0.15, 0.2) is 72.0 Å². The molecule has 0 radical (unpaired) electrons. The van der Waals surface area contributed by atoms with E-state index in [1.54, 1.807) is 30.6 Å². The molecule has 0 spiro atoms. The highest BCUT2D eigenvalue weighted by atomic mass is 16.2. The van der Waals surface area contributed by atoms with Crippen molar-refractivity contribution in [2.24, 2.45) is 5.10 Å². The summed E-state index contributed by atoms with van der Waals surface area (Å²) in [5, 5.41) is 6.23. The summed E-state index contributed by atoms with van der Waals surface area (Å²) < 4.78 is 0. The molecular formula is C17H13N3O. The number of aromatic nitrogens is 1. The van der Waals surface area contributed by atoms with Gasteiger partial charge in [-0.2, -0.15) is 5.10 Å². The number of hydrogen-bond donors (Lipinski definition) is 1. The van der Waals surface area contributed by atoms with Gasteiger partial charge in [-0.1, -0.05) is 48.5 Å². The third-order valence-corrected chi connectivity index (χ3v) is 3.09. The Labute approximate surface area is 122 Å². The van der Waals surface area contributed by atoms with Crippen molar-refractivity contribution in [3.8, 4) is 0 Å². The summed E-state index contributed by atoms with van der Waals surface area (Å²) >= 11 is 0. The molecular weight excluding hydrogens is 262 g/mol. The first-order valence-electron chi connectivity index (χ1n) is 6.57. The monoisotopic (exact) mass is 275 g/mol. The maximum atomic E-state index is 11.8. The van der Waals surface area contributed by atoms with Crippen LogP contribution in [0, 0.1) is 0 Å². The molecule has 0 unspecified atom stereocenters. The first kappa shape index (κ1) is 13.0. The SMILES string of the molecule is O=C(NN=Cc1cccc2ccccc12)c1ccccn1. The number of pyridine rings is 1. The Morgan fingerprint density at radius 3 is 2.67 bits per heavy atom. The lowest BCUT2D eigenvalue weighted by atomic mass is 10.1. The van der Waals surface area contributed by atoms with Crippen LogP contribution in [-0.2, 0) is 0 Å². The van der Waals surface area contributed by atoms with E-state index in [1.165, 1.54) is 0 Å². The molecule has 0 bridgehead atoms. The Hall–Kier alpha value is -3.01. The molecule has 1 N–H and O–H groups in total. The van der Waals surface area contributed by atoms with Gasteiger partial charge in [0.2, 0.25) is 0 Å². The van der Waals surface area contributed by atoms with Crippen LogP contribution in [-0.4, -0.2) is 17.1 Å². The summed E-state index contributed by atoms with van der Waals surface area (Å²) in [5.74, 6) is -0.327. The van der Waals surface area contributed by atoms with E-state index in [2.05, 4.69) is 15.5 Å². The molecule has 0 atom stereocenters. The van der Waals surface area contributed by atoms with Crippen molar-refractivity contribution >= 4 is 22.9 Å². The van der Waals surface area contributed by atoms with Gasteiger partial charge in [0.25, 0.3) is 5.91 Å². The zero-order valence-electron chi connectivity index (χ0n) is 11.2. The van der Waals surface area contributed by atoms with Gasteiger partial charge in [0.15, 0.2) is 0 Å². The van der Waals surface area contributed by atoms with Crippen LogP contribution in [0.5, 0.6) is 0 Å². The maximum Gasteiger partial charge on any atom is 0.289 e. The van der Waals surface area contributed by atoms with Gasteiger partial charge in [-0.25, -0.2) is 5.43 Å². The fraction of sp³-hybridized carbons (Fsp3) is 0. The highest BCUT2D eigenvalue weighted by Crippen LogP contribution is 2.16. The van der Waals surface area contributed by atoms with E-state index in [4.69, 9.17) is 0 Å². The zero-order valence-corrected chi connectivity index (χ0v) is 11.2. The summed E-state index contributed by atoms with van der Waals surface area (Å²) in [6, 6.07) is 19.2. The van der Waals surface area contributed by atoms with Crippen molar-refractivity contribution in [2.75, 3.05) is 0 Å². The van der Waals surface area contributed by atoms with Crippen molar-refractivity contribution in [1.82, 2.24) is 10.4 Å². The molecule has 102 valence electrons. The molecule has 0 fully saturated rings. The van der Waals surface area contributed by atoms with Gasteiger partial charge in [-0.3, -0.25) is 9.78 Å². The number of nitrogens with one attached hydrogen (secondary N) is 1. The van der Waals surface area contributed by atoms with E-state index >= 15 is 0 Å². The molecule has 0 saturated carbocycles. The van der Waals surface area contributed by atoms with Crippen LogP contribution in [0.25, 0.3) is 10.8 Å². The quantitative estimate of drug-likeness (QED) is 0.590. The van der Waals surface area contributed by atoms with Gasteiger partial charge in [-0.05, 0) is 22.9 Å². The number of rotatable bonds is 3. The van der Waals surface area contributed by atoms with Crippen molar-refractivity contribution in [2.45, 2.75) is 0 Å². The lowest BCUT2D eigenvalue weighted by Gasteiger charge is -2.01. The number of nitrogens with zero attached hydrogens (tertiary/aromatic N) is 2. The average molecular weight is 275 g/mol. The van der Waals surface area contributed by atoms with Crippen molar-refractivity contribution in [3.63, 3.8) is 0 Å². The van der Waals surface area contributed by atoms with Crippen molar-refractivity contribution < 1.29 is 4.79 Å². The predicted octanol–water partition coefficient (Wildman–Crippen LogP) is 3.00. The molecule has 1 aromatic heterocycles. The van der Waals surface area contributed by atoms with Gasteiger partial charge >= 0.3 is 0 Å². The normalized spacial score (nSPS) is 10.9. The fourth-order valence-electron chi connectivity index (χ4n) is 2.08. The Balaban J connectivity index is 1.78. The number of amides is 1. The molecule has 0 aliphatic carbocycles. The van der Waals surface area contributed by atoms with Crippen LogP contribution in [0.2, 0.25) is 0 Å². The molecule has 4 heteroatoms. The largest absolute Gasteiger partial charge is 0.289 e. The Morgan fingerprint density at radius 2 is 1.81 bits per heavy atom. The number of hydrogen-bond acceptors (Lipinski definition) is 3. The number of carbonyl (C=O) groups excluding carboxylic acids is 1. The summed E-state index contributed by atoms with van der Waals surface area (Å²) in [5.41, 5.74) is 3.77. The number of hydrazone groups is 1. The van der Waals surface area contributed by atoms with Crippen molar-refractivity contribution in [1.29, 1.82) is 0 Å². The molecule has 0 aliphatic rings. The average Bonchev–Trinajstić information content (AvgIpc) is 2.56. The van der Waals surface area contributed by atoms with Gasteiger partial charge in [0.05, 0.1) is 6.21 Å². The summed E-state index contributed by atoms with van der Waals surface area (Å²) in [6.07, 6.45) is 3.21. The van der Waals surface area contributed by atoms with Gasteiger partial charge < -0.3 is 0 Å². The van der Waals surface area contributed by atoms with Gasteiger partial charge in [-0.15, -0.1) is 0 Å². The summed E-state index contributed by atoms with van der Waals surface area (Å²) in [4.78, 5) is 15.8. The third kappa shape index (κ3) is 2.95. The topological polar surface area (TPSA) is 54.4 Å². The lowest BCUT2D eigenvalue weighted by Crippen LogP contribution is -2.18. The van der Waals surface area contributed by atoms with Crippen molar-refractivity contribution in [3.05, 3.63) is 78.1 Å². The number of fused-ring (bicyclic) bond motifs is 1. The predicted molar refractivity (Wildman–Crippen MR) is 83.2 cm³/mol. The zero-order chi connectivity index (χ0) is 14.5. The minimum absolute atomic E-state index is 0.327. The minimum Gasteiger partial charge on any atom is -0.266 e. The molecule has 3 aromatic rings. The second-order valence-electron chi connectivity index (χ2n) is 4.48. The third-order valence-electron chi connectivity index (χ3n) is 3.09. The number of carbonyl (C=O) groups is 1. The fourth-order valence-corrected chi connectivity index (χ4v) is 2.08. The van der Waals surface area contributed by atoms with E-state index < -0.39 is 0 Å². The smallest absolute Gasteiger partial charge is 0.266 e. The van der Waals surface area contributed by atoms with E-state index in [9.17, 15) is 4.79 Å². The van der Waals surface area contributed by atoms with Crippen LogP contribution >= 0.6 is 0 Å². The van der Waals surface area contributed by atoms with Gasteiger partial charge in [0, 0.05) is 11.8 Å². The molecule has 21 heavy (non-hydrogen) atoms. The molecule has 2 aromatic carbocycles. The Kier molecular flexibility index (Phi) is 3.69. The lowest BCUT2D eigenvalue weighted by molar-refractivity contribution is 0.0950. The summed E-state index contributed by atoms with van der Waals surface area (Å²) in [7, 11) is 0. The van der Waals surface area contributed by atoms with Crippen LogP contribution in [0.4, 0.5) is 0 Å². The highest BCUT2D eigenvalue weighted by molar-refractivity contribution is 6.00.